The molecular weight excluding hydrogens is 455 g/mol. The number of nitrogens with zero attached hydrogens (tertiary/aromatic N) is 4. The number of anilines is 1. The second-order valence-corrected chi connectivity index (χ2v) is 10.6. The fourth-order valence-corrected chi connectivity index (χ4v) is 5.00. The minimum Gasteiger partial charge on any atom is -0.598 e. The standard InChI is InChI=1S/C22H28ClFN4O3S/c1-22(6-7-22)16-31-20-19(26-9-11-27(12-10-26)32(30)13-3-8-24)15-25-28(21(20)29)18-5-2-4-17(23)14-18/h2,4-5,14-15H,3,6-13,16H2,1H3. The predicted molar refractivity (Wildman–Crippen MR) is 125 cm³/mol. The average Bonchev–Trinajstić information content (AvgIpc) is 3.53. The number of rotatable bonds is 9. The van der Waals surface area contributed by atoms with E-state index < -0.39 is 18.0 Å². The highest BCUT2D eigenvalue weighted by atomic mass is 35.5. The highest BCUT2D eigenvalue weighted by Crippen LogP contribution is 2.45. The summed E-state index contributed by atoms with van der Waals surface area (Å²) >= 11 is 4.92. The van der Waals surface area contributed by atoms with Crippen molar-refractivity contribution in [1.29, 1.82) is 0 Å². The van der Waals surface area contributed by atoms with Gasteiger partial charge in [-0.2, -0.15) is 9.78 Å². The van der Waals surface area contributed by atoms with Gasteiger partial charge >= 0.3 is 5.56 Å². The molecule has 10 heteroatoms. The normalized spacial score (nSPS) is 19.1. The number of aromatic nitrogens is 2. The van der Waals surface area contributed by atoms with Crippen LogP contribution in [0, 0.1) is 5.41 Å². The van der Waals surface area contributed by atoms with E-state index in [9.17, 15) is 13.7 Å². The Kier molecular flexibility index (Phi) is 7.29. The maximum Gasteiger partial charge on any atom is 0.316 e. The van der Waals surface area contributed by atoms with Crippen molar-refractivity contribution in [2.24, 2.45) is 5.41 Å². The van der Waals surface area contributed by atoms with E-state index in [4.69, 9.17) is 16.3 Å². The first-order valence-electron chi connectivity index (χ1n) is 10.9. The van der Waals surface area contributed by atoms with Crippen LogP contribution in [0.25, 0.3) is 5.69 Å². The van der Waals surface area contributed by atoms with E-state index in [-0.39, 0.29) is 16.7 Å². The van der Waals surface area contributed by atoms with E-state index in [1.54, 1.807) is 30.5 Å². The molecule has 32 heavy (non-hydrogen) atoms. The van der Waals surface area contributed by atoms with Crippen LogP contribution in [-0.2, 0) is 11.4 Å². The third-order valence-corrected chi connectivity index (χ3v) is 7.77. The molecule has 7 nitrogen and oxygen atoms in total. The first kappa shape index (κ1) is 23.4. The van der Waals surface area contributed by atoms with Crippen molar-refractivity contribution in [3.05, 3.63) is 45.8 Å². The van der Waals surface area contributed by atoms with Gasteiger partial charge in [-0.3, -0.25) is 9.18 Å². The summed E-state index contributed by atoms with van der Waals surface area (Å²) in [5.41, 5.74) is 0.999. The largest absolute Gasteiger partial charge is 0.598 e. The van der Waals surface area contributed by atoms with E-state index in [0.717, 1.165) is 12.8 Å². The average molecular weight is 483 g/mol. The number of halogens is 2. The molecule has 1 atom stereocenters. The van der Waals surface area contributed by atoms with Gasteiger partial charge in [0.2, 0.25) is 5.75 Å². The zero-order valence-corrected chi connectivity index (χ0v) is 19.7. The highest BCUT2D eigenvalue weighted by Gasteiger charge is 2.39. The zero-order valence-electron chi connectivity index (χ0n) is 18.1. The van der Waals surface area contributed by atoms with Crippen LogP contribution in [0.3, 0.4) is 0 Å². The molecule has 2 fully saturated rings. The highest BCUT2D eigenvalue weighted by molar-refractivity contribution is 7.89. The lowest BCUT2D eigenvalue weighted by atomic mass is 10.2. The van der Waals surface area contributed by atoms with Crippen LogP contribution in [0.4, 0.5) is 10.1 Å². The topological polar surface area (TPSA) is 73.7 Å². The number of piperazine rings is 1. The van der Waals surface area contributed by atoms with Gasteiger partial charge in [0.05, 0.1) is 38.3 Å². The summed E-state index contributed by atoms with van der Waals surface area (Å²) in [6, 6.07) is 6.98. The van der Waals surface area contributed by atoms with Crippen molar-refractivity contribution in [3.8, 4) is 11.4 Å². The SMILES string of the molecule is CC1(COc2c(N3CCN([S+]([O-])CCCF)CC3)cnn(-c3cccc(Cl)c3)c2=O)CC1. The molecule has 0 amide bonds. The molecule has 174 valence electrons. The zero-order chi connectivity index (χ0) is 22.7. The summed E-state index contributed by atoms with van der Waals surface area (Å²) in [4.78, 5) is 15.4. The van der Waals surface area contributed by atoms with E-state index >= 15 is 0 Å². The van der Waals surface area contributed by atoms with Crippen LogP contribution in [0.1, 0.15) is 26.2 Å². The lowest BCUT2D eigenvalue weighted by Gasteiger charge is -2.36. The van der Waals surface area contributed by atoms with Gasteiger partial charge in [0.1, 0.15) is 11.4 Å². The third-order valence-electron chi connectivity index (χ3n) is 5.96. The van der Waals surface area contributed by atoms with Gasteiger partial charge in [-0.1, -0.05) is 24.6 Å². The van der Waals surface area contributed by atoms with Gasteiger partial charge < -0.3 is 14.2 Å². The molecular formula is C22H28ClFN4O3S. The Morgan fingerprint density at radius 1 is 1.28 bits per heavy atom. The molecule has 1 aromatic carbocycles. The Morgan fingerprint density at radius 3 is 2.69 bits per heavy atom. The molecule has 2 aromatic rings. The van der Waals surface area contributed by atoms with E-state index in [1.807, 2.05) is 9.21 Å². The number of hydrogen-bond acceptors (Lipinski definition) is 6. The second-order valence-electron chi connectivity index (χ2n) is 8.64. The smallest absolute Gasteiger partial charge is 0.316 e. The molecule has 0 N–H and O–H groups in total. The van der Waals surface area contributed by atoms with Crippen molar-refractivity contribution in [3.63, 3.8) is 0 Å². The third kappa shape index (κ3) is 5.39. The summed E-state index contributed by atoms with van der Waals surface area (Å²) in [6.45, 7) is 4.45. The Hall–Kier alpha value is -1.81. The maximum atomic E-state index is 13.4. The van der Waals surface area contributed by atoms with E-state index in [0.29, 0.717) is 61.4 Å². The van der Waals surface area contributed by atoms with Gasteiger partial charge in [0, 0.05) is 41.3 Å². The first-order valence-corrected chi connectivity index (χ1v) is 12.5. The fourth-order valence-electron chi connectivity index (χ4n) is 3.63. The van der Waals surface area contributed by atoms with Crippen molar-refractivity contribution in [1.82, 2.24) is 14.1 Å². The molecule has 1 saturated heterocycles. The molecule has 1 aromatic heterocycles. The predicted octanol–water partition coefficient (Wildman–Crippen LogP) is 3.21. The Balaban J connectivity index is 1.57. The minimum absolute atomic E-state index is 0.111. The van der Waals surface area contributed by atoms with E-state index in [2.05, 4.69) is 12.0 Å². The van der Waals surface area contributed by atoms with Crippen molar-refractivity contribution >= 4 is 28.7 Å². The molecule has 2 heterocycles. The van der Waals surface area contributed by atoms with Crippen LogP contribution in [-0.4, -0.2) is 63.9 Å². The number of alkyl halides is 1. The van der Waals surface area contributed by atoms with Gasteiger partial charge in [-0.15, -0.1) is 4.31 Å². The van der Waals surface area contributed by atoms with Crippen LogP contribution in [0.2, 0.25) is 5.02 Å². The molecule has 4 rings (SSSR count). The molecule has 1 aliphatic carbocycles. The lowest BCUT2D eigenvalue weighted by molar-refractivity contribution is 0.242. The summed E-state index contributed by atoms with van der Waals surface area (Å²) in [6.07, 6.45) is 4.12. The van der Waals surface area contributed by atoms with Crippen molar-refractivity contribution in [2.45, 2.75) is 26.2 Å². The quantitative estimate of drug-likeness (QED) is 0.511. The Labute approximate surface area is 195 Å². The first-order chi connectivity index (χ1) is 15.4. The van der Waals surface area contributed by atoms with E-state index in [1.165, 1.54) is 4.68 Å². The summed E-state index contributed by atoms with van der Waals surface area (Å²) in [5, 5.41) is 4.91. The molecule has 1 saturated carbocycles. The molecule has 0 radical (unpaired) electrons. The molecule has 0 bridgehead atoms. The molecule has 1 aliphatic heterocycles. The van der Waals surface area contributed by atoms with Gasteiger partial charge in [-0.25, -0.2) is 0 Å². The molecule has 1 unspecified atom stereocenters. The van der Waals surface area contributed by atoms with Crippen molar-refractivity contribution in [2.75, 3.05) is 50.1 Å². The Bertz CT molecular complexity index is 995. The molecule has 2 aliphatic rings. The fraction of sp³-hybridized carbons (Fsp3) is 0.545. The Morgan fingerprint density at radius 2 is 2.03 bits per heavy atom. The lowest BCUT2D eigenvalue weighted by Crippen LogP contribution is -2.49. The summed E-state index contributed by atoms with van der Waals surface area (Å²) < 4.78 is 34.0. The summed E-state index contributed by atoms with van der Waals surface area (Å²) in [7, 11) is 0. The van der Waals surface area contributed by atoms with Gasteiger partial charge in [-0.05, 0) is 31.0 Å². The summed E-state index contributed by atoms with van der Waals surface area (Å²) in [5.74, 6) is 0.612. The number of hydrogen-bond donors (Lipinski definition) is 0. The number of ether oxygens (including phenoxy) is 1. The van der Waals surface area contributed by atoms with Crippen molar-refractivity contribution < 1.29 is 13.7 Å². The van der Waals surface area contributed by atoms with Gasteiger partial charge in [0.25, 0.3) is 0 Å². The number of benzene rings is 1. The van der Waals surface area contributed by atoms with Gasteiger partial charge in [0.15, 0.2) is 0 Å². The minimum atomic E-state index is -1.18. The van der Waals surface area contributed by atoms with Crippen LogP contribution >= 0.6 is 11.6 Å². The second kappa shape index (κ2) is 9.99. The van der Waals surface area contributed by atoms with Crippen LogP contribution < -0.4 is 15.2 Å². The molecule has 0 spiro atoms. The van der Waals surface area contributed by atoms with Crippen LogP contribution in [0.5, 0.6) is 5.75 Å². The maximum absolute atomic E-state index is 13.4. The van der Waals surface area contributed by atoms with Crippen LogP contribution in [0.15, 0.2) is 35.3 Å². The monoisotopic (exact) mass is 482 g/mol.